The lowest BCUT2D eigenvalue weighted by Gasteiger charge is -2.38. The maximum Gasteiger partial charge on any atom is 0.265 e. The number of piperidine rings is 1. The highest BCUT2D eigenvalue weighted by atomic mass is 16.5. The number of fused-ring (bicyclic) bond motifs is 1. The van der Waals surface area contributed by atoms with E-state index in [1.165, 1.54) is 0 Å². The Kier molecular flexibility index (Phi) is 5.04. The Morgan fingerprint density at radius 1 is 1.38 bits per heavy atom. The third-order valence-corrected chi connectivity index (χ3v) is 4.83. The summed E-state index contributed by atoms with van der Waals surface area (Å²) in [6.07, 6.45) is 3.41. The lowest BCUT2D eigenvalue weighted by molar-refractivity contribution is -0.135. The summed E-state index contributed by atoms with van der Waals surface area (Å²) < 4.78 is 5.43. The number of carbonyl (C=O) groups excluding carboxylic acids is 2. The van der Waals surface area contributed by atoms with E-state index in [4.69, 9.17) is 10.5 Å². The smallest absolute Gasteiger partial charge is 0.265 e. The van der Waals surface area contributed by atoms with E-state index >= 15 is 0 Å². The minimum Gasteiger partial charge on any atom is -0.482 e. The van der Waals surface area contributed by atoms with Crippen LogP contribution in [0.3, 0.4) is 0 Å². The van der Waals surface area contributed by atoms with Crippen molar-refractivity contribution >= 4 is 17.5 Å². The van der Waals surface area contributed by atoms with E-state index in [2.05, 4.69) is 0 Å². The second-order valence-electron chi connectivity index (χ2n) is 6.56. The highest BCUT2D eigenvalue weighted by molar-refractivity contribution is 5.98. The van der Waals surface area contributed by atoms with E-state index in [-0.39, 0.29) is 30.5 Å². The second kappa shape index (κ2) is 7.21. The van der Waals surface area contributed by atoms with Crippen molar-refractivity contribution in [3.8, 4) is 5.75 Å². The zero-order valence-corrected chi connectivity index (χ0v) is 14.1. The lowest BCUT2D eigenvalue weighted by atomic mass is 9.96. The molecule has 1 fully saturated rings. The molecule has 1 saturated heterocycles. The van der Waals surface area contributed by atoms with Gasteiger partial charge in [-0.2, -0.15) is 0 Å². The lowest BCUT2D eigenvalue weighted by Crippen LogP contribution is -2.52. The molecule has 6 heteroatoms. The number of benzene rings is 1. The van der Waals surface area contributed by atoms with Gasteiger partial charge in [0.15, 0.2) is 6.61 Å². The fourth-order valence-electron chi connectivity index (χ4n) is 3.56. The molecule has 0 spiro atoms. The fourth-order valence-corrected chi connectivity index (χ4v) is 3.56. The number of ether oxygens (including phenoxy) is 1. The van der Waals surface area contributed by atoms with Gasteiger partial charge in [-0.3, -0.25) is 9.59 Å². The first-order valence-electron chi connectivity index (χ1n) is 8.65. The molecule has 2 unspecified atom stereocenters. The first-order chi connectivity index (χ1) is 11.6. The van der Waals surface area contributed by atoms with Crippen LogP contribution >= 0.6 is 0 Å². The molecule has 6 nitrogen and oxygen atoms in total. The van der Waals surface area contributed by atoms with Gasteiger partial charge in [0.05, 0.1) is 5.69 Å². The average Bonchev–Trinajstić information content (AvgIpc) is 2.60. The van der Waals surface area contributed by atoms with Crippen LogP contribution in [0.5, 0.6) is 5.75 Å². The molecule has 2 aliphatic rings. The molecule has 0 radical (unpaired) electrons. The Hall–Kier alpha value is -2.08. The van der Waals surface area contributed by atoms with Crippen LogP contribution < -0.4 is 15.4 Å². The summed E-state index contributed by atoms with van der Waals surface area (Å²) in [5, 5.41) is 0. The molecule has 2 heterocycles. The van der Waals surface area contributed by atoms with Crippen molar-refractivity contribution in [3.63, 3.8) is 0 Å². The Bertz CT molecular complexity index is 617. The summed E-state index contributed by atoms with van der Waals surface area (Å²) in [5.74, 6) is 0.661. The first kappa shape index (κ1) is 16.8. The number of rotatable bonds is 4. The molecule has 1 aromatic rings. The van der Waals surface area contributed by atoms with E-state index in [9.17, 15) is 9.59 Å². The normalized spacial score (nSPS) is 21.9. The monoisotopic (exact) mass is 331 g/mol. The van der Waals surface area contributed by atoms with E-state index in [1.54, 1.807) is 4.90 Å². The molecular formula is C18H25N3O3. The summed E-state index contributed by atoms with van der Waals surface area (Å²) >= 11 is 0. The minimum atomic E-state index is -0.108. The minimum absolute atomic E-state index is 0.0252. The van der Waals surface area contributed by atoms with Gasteiger partial charge in [-0.1, -0.05) is 12.1 Å². The van der Waals surface area contributed by atoms with E-state index in [0.717, 1.165) is 31.5 Å². The van der Waals surface area contributed by atoms with Gasteiger partial charge in [-0.15, -0.1) is 0 Å². The number of anilines is 1. The molecule has 24 heavy (non-hydrogen) atoms. The molecule has 2 amide bonds. The van der Waals surface area contributed by atoms with Crippen LogP contribution in [0.2, 0.25) is 0 Å². The molecule has 2 aliphatic heterocycles. The van der Waals surface area contributed by atoms with Gasteiger partial charge in [0, 0.05) is 31.6 Å². The van der Waals surface area contributed by atoms with E-state index in [1.807, 2.05) is 36.1 Å². The molecule has 0 aliphatic carbocycles. The average molecular weight is 331 g/mol. The van der Waals surface area contributed by atoms with E-state index < -0.39 is 0 Å². The Labute approximate surface area is 142 Å². The molecule has 0 saturated carbocycles. The molecule has 0 bridgehead atoms. The number of hydrogen-bond donors (Lipinski definition) is 1. The summed E-state index contributed by atoms with van der Waals surface area (Å²) in [6.45, 7) is 3.12. The van der Waals surface area contributed by atoms with E-state index in [0.29, 0.717) is 18.7 Å². The summed E-state index contributed by atoms with van der Waals surface area (Å²) in [4.78, 5) is 28.4. The predicted molar refractivity (Wildman–Crippen MR) is 91.9 cm³/mol. The highest BCUT2D eigenvalue weighted by Crippen LogP contribution is 2.31. The van der Waals surface area contributed by atoms with Crippen LogP contribution in [0.1, 0.15) is 32.6 Å². The van der Waals surface area contributed by atoms with Crippen molar-refractivity contribution in [2.75, 3.05) is 24.6 Å². The topological polar surface area (TPSA) is 75.9 Å². The van der Waals surface area contributed by atoms with Crippen LogP contribution in [0, 0.1) is 0 Å². The number of para-hydroxylation sites is 2. The molecule has 3 rings (SSSR count). The number of nitrogens with two attached hydrogens (primary N) is 1. The quantitative estimate of drug-likeness (QED) is 0.908. The van der Waals surface area contributed by atoms with Gasteiger partial charge in [0.2, 0.25) is 5.91 Å². The summed E-state index contributed by atoms with van der Waals surface area (Å²) in [5.41, 5.74) is 6.78. The van der Waals surface area contributed by atoms with Crippen LogP contribution in [0.4, 0.5) is 5.69 Å². The number of hydrogen-bond acceptors (Lipinski definition) is 4. The van der Waals surface area contributed by atoms with Gasteiger partial charge in [0.25, 0.3) is 5.91 Å². The predicted octanol–water partition coefficient (Wildman–Crippen LogP) is 1.53. The van der Waals surface area contributed by atoms with Gasteiger partial charge in [0.1, 0.15) is 5.75 Å². The van der Waals surface area contributed by atoms with Crippen molar-refractivity contribution in [1.29, 1.82) is 0 Å². The van der Waals surface area contributed by atoms with Crippen LogP contribution in [-0.2, 0) is 9.59 Å². The fraction of sp³-hybridized carbons (Fsp3) is 0.556. The van der Waals surface area contributed by atoms with Gasteiger partial charge in [-0.25, -0.2) is 0 Å². The standard InChI is InChI=1S/C18H25N3O3/c1-13(19)14-6-4-5-10-20(14)17(22)9-11-21-15-7-2-3-8-16(15)24-12-18(21)23/h2-3,7-8,13-14H,4-6,9-12,19H2,1H3. The van der Waals surface area contributed by atoms with Gasteiger partial charge < -0.3 is 20.3 Å². The Morgan fingerprint density at radius 2 is 2.17 bits per heavy atom. The summed E-state index contributed by atoms with van der Waals surface area (Å²) in [6, 6.07) is 7.51. The largest absolute Gasteiger partial charge is 0.482 e. The van der Waals surface area contributed by atoms with Gasteiger partial charge in [-0.05, 0) is 38.3 Å². The summed E-state index contributed by atoms with van der Waals surface area (Å²) in [7, 11) is 0. The van der Waals surface area contributed by atoms with Crippen LogP contribution in [0.15, 0.2) is 24.3 Å². The van der Waals surface area contributed by atoms with Crippen LogP contribution in [0.25, 0.3) is 0 Å². The van der Waals surface area contributed by atoms with Crippen molar-refractivity contribution in [1.82, 2.24) is 4.90 Å². The number of likely N-dealkylation sites (tertiary alicyclic amines) is 1. The first-order valence-corrected chi connectivity index (χ1v) is 8.65. The number of amides is 2. The number of carbonyl (C=O) groups is 2. The zero-order chi connectivity index (χ0) is 17.1. The highest BCUT2D eigenvalue weighted by Gasteiger charge is 2.31. The molecule has 0 aromatic heterocycles. The molecular weight excluding hydrogens is 306 g/mol. The maximum atomic E-state index is 12.7. The van der Waals surface area contributed by atoms with Gasteiger partial charge >= 0.3 is 0 Å². The Morgan fingerprint density at radius 3 is 2.96 bits per heavy atom. The molecule has 1 aromatic carbocycles. The third-order valence-electron chi connectivity index (χ3n) is 4.83. The van der Waals surface area contributed by atoms with Crippen molar-refractivity contribution in [2.24, 2.45) is 5.73 Å². The SMILES string of the molecule is CC(N)C1CCCCN1C(=O)CCN1C(=O)COc2ccccc21. The molecule has 130 valence electrons. The molecule has 2 atom stereocenters. The second-order valence-corrected chi connectivity index (χ2v) is 6.56. The van der Waals surface area contributed by atoms with Crippen molar-refractivity contribution in [3.05, 3.63) is 24.3 Å². The van der Waals surface area contributed by atoms with Crippen molar-refractivity contribution < 1.29 is 14.3 Å². The number of nitrogens with zero attached hydrogens (tertiary/aromatic N) is 2. The Balaban J connectivity index is 1.66. The maximum absolute atomic E-state index is 12.7. The zero-order valence-electron chi connectivity index (χ0n) is 14.1. The van der Waals surface area contributed by atoms with Crippen molar-refractivity contribution in [2.45, 2.75) is 44.7 Å². The van der Waals surface area contributed by atoms with Crippen LogP contribution in [-0.4, -0.2) is 48.5 Å². The third kappa shape index (κ3) is 3.38. The molecule has 2 N–H and O–H groups in total.